The van der Waals surface area contributed by atoms with Crippen molar-refractivity contribution in [3.63, 3.8) is 0 Å². The molecule has 0 bridgehead atoms. The number of aliphatic hydroxyl groups is 1. The Bertz CT molecular complexity index is 396. The molecule has 1 aromatic rings. The fraction of sp³-hybridized carbons (Fsp3) is 0.667. The van der Waals surface area contributed by atoms with Gasteiger partial charge in [-0.05, 0) is 49.4 Å². The highest BCUT2D eigenvalue weighted by Crippen LogP contribution is 2.15. The first kappa shape index (κ1) is 16.5. The first-order chi connectivity index (χ1) is 10.1. The van der Waals surface area contributed by atoms with E-state index in [0.29, 0.717) is 12.5 Å². The minimum Gasteiger partial charge on any atom is -0.387 e. The summed E-state index contributed by atoms with van der Waals surface area (Å²) in [5, 5.41) is 13.6. The Morgan fingerprint density at radius 1 is 1.14 bits per heavy atom. The number of rotatable bonds is 8. The molecule has 3 heteroatoms. The first-order valence-corrected chi connectivity index (χ1v) is 8.35. The van der Waals surface area contributed by atoms with E-state index in [9.17, 15) is 5.11 Å². The maximum absolute atomic E-state index is 10.2. The number of hydrogen-bond acceptors (Lipinski definition) is 3. The number of benzene rings is 1. The van der Waals surface area contributed by atoms with Gasteiger partial charge < -0.3 is 15.3 Å². The molecule has 0 saturated carbocycles. The summed E-state index contributed by atoms with van der Waals surface area (Å²) in [6.07, 6.45) is 3.37. The van der Waals surface area contributed by atoms with Crippen molar-refractivity contribution in [3.8, 4) is 0 Å². The van der Waals surface area contributed by atoms with Crippen molar-refractivity contribution in [2.45, 2.75) is 39.2 Å². The van der Waals surface area contributed by atoms with Crippen LogP contribution in [0.25, 0.3) is 0 Å². The van der Waals surface area contributed by atoms with E-state index in [1.807, 2.05) is 0 Å². The van der Waals surface area contributed by atoms with Gasteiger partial charge in [0.25, 0.3) is 0 Å². The Hall–Kier alpha value is -0.900. The first-order valence-electron chi connectivity index (χ1n) is 8.35. The number of nitrogens with one attached hydrogen (secondary N) is 1. The fourth-order valence-corrected chi connectivity index (χ4v) is 2.95. The third-order valence-electron chi connectivity index (χ3n) is 4.15. The summed E-state index contributed by atoms with van der Waals surface area (Å²) in [6.45, 7) is 9.63. The molecule has 3 nitrogen and oxygen atoms in total. The van der Waals surface area contributed by atoms with Crippen LogP contribution in [0.4, 0.5) is 0 Å². The molecule has 1 aliphatic rings. The molecule has 1 fully saturated rings. The van der Waals surface area contributed by atoms with Crippen LogP contribution in [0.3, 0.4) is 0 Å². The zero-order valence-electron chi connectivity index (χ0n) is 13.5. The molecule has 21 heavy (non-hydrogen) atoms. The predicted octanol–water partition coefficient (Wildman–Crippen LogP) is 2.60. The third-order valence-corrected chi connectivity index (χ3v) is 4.15. The number of hydrogen-bond donors (Lipinski definition) is 2. The second-order valence-corrected chi connectivity index (χ2v) is 6.61. The highest BCUT2D eigenvalue weighted by atomic mass is 16.3. The lowest BCUT2D eigenvalue weighted by Gasteiger charge is -2.17. The van der Waals surface area contributed by atoms with Gasteiger partial charge in [0.05, 0.1) is 6.10 Å². The fourth-order valence-electron chi connectivity index (χ4n) is 2.95. The molecule has 118 valence electrons. The predicted molar refractivity (Wildman–Crippen MR) is 88.5 cm³/mol. The molecule has 1 heterocycles. The molecule has 1 saturated heterocycles. The monoisotopic (exact) mass is 290 g/mol. The molecule has 0 radical (unpaired) electrons. The Labute approximate surface area is 129 Å². The molecule has 1 unspecified atom stereocenters. The third kappa shape index (κ3) is 5.77. The highest BCUT2D eigenvalue weighted by molar-refractivity contribution is 5.24. The second kappa shape index (κ2) is 8.52. The van der Waals surface area contributed by atoms with Crippen LogP contribution in [0.15, 0.2) is 24.3 Å². The zero-order valence-corrected chi connectivity index (χ0v) is 13.5. The van der Waals surface area contributed by atoms with E-state index in [-0.39, 0.29) is 0 Å². The second-order valence-electron chi connectivity index (χ2n) is 6.61. The molecule has 1 atom stereocenters. The van der Waals surface area contributed by atoms with Crippen LogP contribution in [0.5, 0.6) is 0 Å². The molecular formula is C18H30N2O. The lowest BCUT2D eigenvalue weighted by atomic mass is 10.0. The summed E-state index contributed by atoms with van der Waals surface area (Å²) in [7, 11) is 0. The van der Waals surface area contributed by atoms with Gasteiger partial charge in [0.2, 0.25) is 0 Å². The van der Waals surface area contributed by atoms with Crippen LogP contribution in [-0.4, -0.2) is 42.7 Å². The van der Waals surface area contributed by atoms with Crippen molar-refractivity contribution in [1.29, 1.82) is 0 Å². The zero-order chi connectivity index (χ0) is 15.1. The van der Waals surface area contributed by atoms with Gasteiger partial charge in [-0.15, -0.1) is 0 Å². The summed E-state index contributed by atoms with van der Waals surface area (Å²) in [4.78, 5) is 2.49. The molecule has 2 N–H and O–H groups in total. The van der Waals surface area contributed by atoms with Crippen LogP contribution in [0.2, 0.25) is 0 Å². The van der Waals surface area contributed by atoms with Gasteiger partial charge in [-0.2, -0.15) is 0 Å². The van der Waals surface area contributed by atoms with Crippen LogP contribution in [-0.2, 0) is 6.42 Å². The average Bonchev–Trinajstić information content (AvgIpc) is 2.97. The van der Waals surface area contributed by atoms with Crippen molar-refractivity contribution in [1.82, 2.24) is 10.2 Å². The molecule has 0 amide bonds. The van der Waals surface area contributed by atoms with Crippen molar-refractivity contribution < 1.29 is 5.11 Å². The average molecular weight is 290 g/mol. The van der Waals surface area contributed by atoms with Gasteiger partial charge in [0, 0.05) is 19.6 Å². The van der Waals surface area contributed by atoms with Crippen molar-refractivity contribution in [2.75, 3.05) is 32.7 Å². The van der Waals surface area contributed by atoms with Crippen LogP contribution < -0.4 is 5.32 Å². The topological polar surface area (TPSA) is 35.5 Å². The van der Waals surface area contributed by atoms with Gasteiger partial charge in [0.15, 0.2) is 0 Å². The van der Waals surface area contributed by atoms with E-state index in [1.54, 1.807) is 0 Å². The smallest absolute Gasteiger partial charge is 0.0914 e. The minimum absolute atomic E-state index is 0.406. The quantitative estimate of drug-likeness (QED) is 0.722. The van der Waals surface area contributed by atoms with Gasteiger partial charge in [-0.1, -0.05) is 38.1 Å². The molecule has 0 spiro atoms. The Morgan fingerprint density at radius 3 is 2.43 bits per heavy atom. The largest absolute Gasteiger partial charge is 0.387 e. The SMILES string of the molecule is CC(C)Cc1ccc(C(O)CNCCN2CCCC2)cc1. The van der Waals surface area contributed by atoms with Crippen molar-refractivity contribution in [2.24, 2.45) is 5.92 Å². The molecular weight excluding hydrogens is 260 g/mol. The van der Waals surface area contributed by atoms with Gasteiger partial charge in [-0.3, -0.25) is 0 Å². The summed E-state index contributed by atoms with van der Waals surface area (Å²) in [5.74, 6) is 0.674. The maximum atomic E-state index is 10.2. The molecule has 1 aliphatic heterocycles. The van der Waals surface area contributed by atoms with Crippen LogP contribution in [0.1, 0.15) is 43.9 Å². The van der Waals surface area contributed by atoms with E-state index < -0.39 is 6.10 Å². The van der Waals surface area contributed by atoms with Crippen molar-refractivity contribution in [3.05, 3.63) is 35.4 Å². The van der Waals surface area contributed by atoms with E-state index >= 15 is 0 Å². The summed E-state index contributed by atoms with van der Waals surface area (Å²) in [5.41, 5.74) is 2.36. The van der Waals surface area contributed by atoms with Crippen molar-refractivity contribution >= 4 is 0 Å². The normalized spacial score (nSPS) is 17.5. The summed E-state index contributed by atoms with van der Waals surface area (Å²) in [6, 6.07) is 8.40. The minimum atomic E-state index is -0.406. The lowest BCUT2D eigenvalue weighted by molar-refractivity contribution is 0.173. The highest BCUT2D eigenvalue weighted by Gasteiger charge is 2.11. The Morgan fingerprint density at radius 2 is 1.81 bits per heavy atom. The van der Waals surface area contributed by atoms with Crippen LogP contribution in [0, 0.1) is 5.92 Å². The number of likely N-dealkylation sites (tertiary alicyclic amines) is 1. The van der Waals surface area contributed by atoms with E-state index in [1.165, 1.54) is 31.5 Å². The van der Waals surface area contributed by atoms with Gasteiger partial charge in [-0.25, -0.2) is 0 Å². The Kier molecular flexibility index (Phi) is 6.68. The number of nitrogens with zero attached hydrogens (tertiary/aromatic N) is 1. The Balaban J connectivity index is 1.68. The maximum Gasteiger partial charge on any atom is 0.0914 e. The van der Waals surface area contributed by atoms with Gasteiger partial charge >= 0.3 is 0 Å². The molecule has 0 aliphatic carbocycles. The molecule has 1 aromatic carbocycles. The van der Waals surface area contributed by atoms with E-state index in [0.717, 1.165) is 25.1 Å². The van der Waals surface area contributed by atoms with E-state index in [4.69, 9.17) is 0 Å². The lowest BCUT2D eigenvalue weighted by Crippen LogP contribution is -2.32. The number of aliphatic hydroxyl groups excluding tert-OH is 1. The summed E-state index contributed by atoms with van der Waals surface area (Å²) < 4.78 is 0. The van der Waals surface area contributed by atoms with Gasteiger partial charge in [0.1, 0.15) is 0 Å². The van der Waals surface area contributed by atoms with E-state index in [2.05, 4.69) is 48.3 Å². The summed E-state index contributed by atoms with van der Waals surface area (Å²) >= 11 is 0. The standard InChI is InChI=1S/C18H30N2O/c1-15(2)13-16-5-7-17(8-6-16)18(21)14-19-9-12-20-10-3-4-11-20/h5-8,15,18-19,21H,3-4,9-14H2,1-2H3. The van der Waals surface area contributed by atoms with Crippen LogP contribution >= 0.6 is 0 Å². The molecule has 2 rings (SSSR count). The molecule has 0 aromatic heterocycles.